The summed E-state index contributed by atoms with van der Waals surface area (Å²) in [5.74, 6) is -0.902. The van der Waals surface area contributed by atoms with E-state index in [1.54, 1.807) is 0 Å². The van der Waals surface area contributed by atoms with E-state index in [0.717, 1.165) is 32.7 Å². The van der Waals surface area contributed by atoms with Gasteiger partial charge in [0.25, 0.3) is 5.91 Å². The quantitative estimate of drug-likeness (QED) is 0.715. The molecule has 19 heavy (non-hydrogen) atoms. The molecule has 2 N–H and O–H groups in total. The first kappa shape index (κ1) is 14.3. The zero-order valence-electron chi connectivity index (χ0n) is 10.7. The van der Waals surface area contributed by atoms with Crippen LogP contribution in [0.5, 0.6) is 0 Å². The summed E-state index contributed by atoms with van der Waals surface area (Å²) in [5, 5.41) is 6.01. The van der Waals surface area contributed by atoms with Crippen LogP contribution < -0.4 is 10.6 Å². The zero-order chi connectivity index (χ0) is 13.7. The molecule has 1 heterocycles. The van der Waals surface area contributed by atoms with E-state index in [1.165, 1.54) is 18.2 Å². The summed E-state index contributed by atoms with van der Waals surface area (Å²) in [7, 11) is 0. The zero-order valence-corrected chi connectivity index (χ0v) is 11.5. The van der Waals surface area contributed by atoms with Crippen LogP contribution >= 0.6 is 12.6 Å². The summed E-state index contributed by atoms with van der Waals surface area (Å²) >= 11 is 4.11. The lowest BCUT2D eigenvalue weighted by Gasteiger charge is -2.27. The van der Waals surface area contributed by atoms with Gasteiger partial charge in [-0.25, -0.2) is 4.39 Å². The number of thiol groups is 1. The molecule has 0 spiro atoms. The van der Waals surface area contributed by atoms with Crippen molar-refractivity contribution in [2.24, 2.45) is 0 Å². The predicted octanol–water partition coefficient (Wildman–Crippen LogP) is 0.749. The molecule has 1 amide bonds. The third kappa shape index (κ3) is 4.19. The number of piperazine rings is 1. The minimum Gasteiger partial charge on any atom is -0.351 e. The first-order valence-electron chi connectivity index (χ1n) is 6.36. The second-order valence-electron chi connectivity index (χ2n) is 4.51. The van der Waals surface area contributed by atoms with Crippen molar-refractivity contribution in [2.75, 3.05) is 39.3 Å². The Hall–Kier alpha value is -1.11. The van der Waals surface area contributed by atoms with E-state index in [1.807, 2.05) is 0 Å². The number of rotatable bonds is 4. The molecule has 1 aromatic carbocycles. The van der Waals surface area contributed by atoms with Crippen LogP contribution in [-0.2, 0) is 0 Å². The van der Waals surface area contributed by atoms with Crippen LogP contribution in [0, 0.1) is 5.82 Å². The fourth-order valence-corrected chi connectivity index (χ4v) is 2.25. The van der Waals surface area contributed by atoms with Crippen LogP contribution in [0.25, 0.3) is 0 Å². The van der Waals surface area contributed by atoms with Gasteiger partial charge >= 0.3 is 0 Å². The second-order valence-corrected chi connectivity index (χ2v) is 5.03. The molecule has 0 atom stereocenters. The summed E-state index contributed by atoms with van der Waals surface area (Å²) in [4.78, 5) is 14.7. The molecule has 0 aliphatic carbocycles. The third-order valence-corrected chi connectivity index (χ3v) is 3.40. The molecule has 1 aliphatic heterocycles. The molecule has 2 rings (SSSR count). The van der Waals surface area contributed by atoms with Crippen LogP contribution in [0.2, 0.25) is 0 Å². The molecule has 0 radical (unpaired) electrons. The molecule has 6 heteroatoms. The van der Waals surface area contributed by atoms with E-state index < -0.39 is 5.82 Å². The van der Waals surface area contributed by atoms with Gasteiger partial charge in [0.1, 0.15) is 5.82 Å². The van der Waals surface area contributed by atoms with Gasteiger partial charge < -0.3 is 10.6 Å². The minimum atomic E-state index is -0.516. The van der Waals surface area contributed by atoms with Gasteiger partial charge in [0.15, 0.2) is 0 Å². The molecule has 104 valence electrons. The maximum Gasteiger partial charge on any atom is 0.254 e. The number of hydrogen-bond donors (Lipinski definition) is 3. The number of carbonyl (C=O) groups excluding carboxylic acids is 1. The van der Waals surface area contributed by atoms with Crippen LogP contribution in [0.15, 0.2) is 23.1 Å². The molecule has 0 saturated carbocycles. The average Bonchev–Trinajstić information content (AvgIpc) is 2.42. The van der Waals surface area contributed by atoms with Gasteiger partial charge in [-0.1, -0.05) is 0 Å². The van der Waals surface area contributed by atoms with E-state index in [4.69, 9.17) is 0 Å². The first-order valence-corrected chi connectivity index (χ1v) is 6.81. The number of nitrogens with zero attached hydrogens (tertiary/aromatic N) is 1. The van der Waals surface area contributed by atoms with E-state index >= 15 is 0 Å². The predicted molar refractivity (Wildman–Crippen MR) is 75.3 cm³/mol. The second kappa shape index (κ2) is 6.88. The molecule has 0 aromatic heterocycles. The monoisotopic (exact) mass is 283 g/mol. The molecular weight excluding hydrogens is 265 g/mol. The first-order chi connectivity index (χ1) is 9.16. The van der Waals surface area contributed by atoms with Crippen molar-refractivity contribution in [3.05, 3.63) is 29.6 Å². The third-order valence-electron chi connectivity index (χ3n) is 3.12. The Morgan fingerprint density at radius 2 is 2.16 bits per heavy atom. The van der Waals surface area contributed by atoms with Gasteiger partial charge in [-0.15, -0.1) is 12.6 Å². The Morgan fingerprint density at radius 3 is 2.89 bits per heavy atom. The number of halogens is 1. The van der Waals surface area contributed by atoms with Crippen LogP contribution in [0.4, 0.5) is 4.39 Å². The molecule has 1 saturated heterocycles. The molecule has 4 nitrogen and oxygen atoms in total. The average molecular weight is 283 g/mol. The standard InChI is InChI=1S/C13H18FN3OS/c14-12-2-1-10(19)9-11(12)13(18)16-5-8-17-6-3-15-4-7-17/h1-2,9,15,19H,3-8H2,(H,16,18). The highest BCUT2D eigenvalue weighted by Gasteiger charge is 2.13. The van der Waals surface area contributed by atoms with Gasteiger partial charge in [0.2, 0.25) is 0 Å². The van der Waals surface area contributed by atoms with Gasteiger partial charge in [-0.3, -0.25) is 9.69 Å². The summed E-state index contributed by atoms with van der Waals surface area (Å²) in [6.07, 6.45) is 0. The Kier molecular flexibility index (Phi) is 5.18. The summed E-state index contributed by atoms with van der Waals surface area (Å²) in [5.41, 5.74) is 0.0489. The largest absolute Gasteiger partial charge is 0.351 e. The van der Waals surface area contributed by atoms with Crippen molar-refractivity contribution in [3.63, 3.8) is 0 Å². The molecule has 1 aromatic rings. The highest BCUT2D eigenvalue weighted by molar-refractivity contribution is 7.80. The Labute approximate surface area is 117 Å². The Bertz CT molecular complexity index is 450. The Morgan fingerprint density at radius 1 is 1.42 bits per heavy atom. The lowest BCUT2D eigenvalue weighted by molar-refractivity contribution is 0.0943. The highest BCUT2D eigenvalue weighted by Crippen LogP contribution is 2.13. The summed E-state index contributed by atoms with van der Waals surface area (Å²) < 4.78 is 13.5. The van der Waals surface area contributed by atoms with E-state index in [0.29, 0.717) is 11.4 Å². The number of carbonyl (C=O) groups is 1. The van der Waals surface area contributed by atoms with Crippen LogP contribution in [0.3, 0.4) is 0 Å². The minimum absolute atomic E-state index is 0.0489. The molecule has 0 unspecified atom stereocenters. The normalized spacial score (nSPS) is 16.3. The van der Waals surface area contributed by atoms with Crippen molar-refractivity contribution in [2.45, 2.75) is 4.90 Å². The van der Waals surface area contributed by atoms with Crippen molar-refractivity contribution >= 4 is 18.5 Å². The number of hydrogen-bond acceptors (Lipinski definition) is 4. The van der Waals surface area contributed by atoms with Crippen LogP contribution in [0.1, 0.15) is 10.4 Å². The molecule has 0 bridgehead atoms. The maximum atomic E-state index is 13.5. The lowest BCUT2D eigenvalue weighted by atomic mass is 10.2. The van der Waals surface area contributed by atoms with Gasteiger partial charge in [-0.05, 0) is 18.2 Å². The molecule has 1 aliphatic rings. The summed E-state index contributed by atoms with van der Waals surface area (Å²) in [6, 6.07) is 4.22. The van der Waals surface area contributed by atoms with Crippen molar-refractivity contribution < 1.29 is 9.18 Å². The van der Waals surface area contributed by atoms with Crippen molar-refractivity contribution in [3.8, 4) is 0 Å². The highest BCUT2D eigenvalue weighted by atomic mass is 32.1. The van der Waals surface area contributed by atoms with Crippen molar-refractivity contribution in [1.29, 1.82) is 0 Å². The maximum absolute atomic E-state index is 13.5. The smallest absolute Gasteiger partial charge is 0.254 e. The van der Waals surface area contributed by atoms with Gasteiger partial charge in [0.05, 0.1) is 5.56 Å². The van der Waals surface area contributed by atoms with Gasteiger partial charge in [-0.2, -0.15) is 0 Å². The number of benzene rings is 1. The van der Waals surface area contributed by atoms with Crippen LogP contribution in [-0.4, -0.2) is 50.1 Å². The molecule has 1 fully saturated rings. The van der Waals surface area contributed by atoms with E-state index in [-0.39, 0.29) is 11.5 Å². The number of amides is 1. The van der Waals surface area contributed by atoms with E-state index in [2.05, 4.69) is 28.2 Å². The SMILES string of the molecule is O=C(NCCN1CCNCC1)c1cc(S)ccc1F. The lowest BCUT2D eigenvalue weighted by Crippen LogP contribution is -2.46. The Balaban J connectivity index is 1.82. The number of nitrogens with one attached hydrogen (secondary N) is 2. The fraction of sp³-hybridized carbons (Fsp3) is 0.462. The fourth-order valence-electron chi connectivity index (χ4n) is 2.04. The molecular formula is C13H18FN3OS. The summed E-state index contributed by atoms with van der Waals surface area (Å²) in [6.45, 7) is 5.23. The van der Waals surface area contributed by atoms with E-state index in [9.17, 15) is 9.18 Å². The van der Waals surface area contributed by atoms with Crippen molar-refractivity contribution in [1.82, 2.24) is 15.5 Å². The van der Waals surface area contributed by atoms with Gasteiger partial charge in [0, 0.05) is 44.2 Å². The topological polar surface area (TPSA) is 44.4 Å².